The van der Waals surface area contributed by atoms with Crippen LogP contribution in [0.3, 0.4) is 0 Å². The molecule has 0 aliphatic heterocycles. The molecule has 1 unspecified atom stereocenters. The zero-order valence-corrected chi connectivity index (χ0v) is 17.7. The molecule has 0 radical (unpaired) electrons. The van der Waals surface area contributed by atoms with Crippen LogP contribution < -0.4 is 10.1 Å². The molecule has 2 rings (SSSR count). The van der Waals surface area contributed by atoms with Gasteiger partial charge in [0, 0.05) is 12.1 Å². The van der Waals surface area contributed by atoms with Crippen molar-refractivity contribution in [1.29, 1.82) is 0 Å². The number of benzene rings is 2. The smallest absolute Gasteiger partial charge is 0.261 e. The molecule has 1 N–H and O–H groups in total. The van der Waals surface area contributed by atoms with E-state index >= 15 is 0 Å². The lowest BCUT2D eigenvalue weighted by Crippen LogP contribution is -2.53. The Kier molecular flexibility index (Phi) is 7.37. The largest absolute Gasteiger partial charge is 0.484 e. The highest BCUT2D eigenvalue weighted by molar-refractivity contribution is 5.88. The molecule has 156 valence electrons. The molecular formula is C23H29FN2O3. The Morgan fingerprint density at radius 3 is 2.21 bits per heavy atom. The van der Waals surface area contributed by atoms with E-state index in [1.54, 1.807) is 6.92 Å². The van der Waals surface area contributed by atoms with Crippen LogP contribution in [0, 0.1) is 12.7 Å². The number of amides is 2. The summed E-state index contributed by atoms with van der Waals surface area (Å²) >= 11 is 0. The van der Waals surface area contributed by atoms with E-state index in [0.717, 1.165) is 11.1 Å². The third kappa shape index (κ3) is 7.22. The van der Waals surface area contributed by atoms with Crippen molar-refractivity contribution in [3.8, 4) is 5.75 Å². The fourth-order valence-electron chi connectivity index (χ4n) is 2.71. The summed E-state index contributed by atoms with van der Waals surface area (Å²) in [5.74, 6) is -0.551. The van der Waals surface area contributed by atoms with Crippen molar-refractivity contribution in [1.82, 2.24) is 10.2 Å². The van der Waals surface area contributed by atoms with Crippen molar-refractivity contribution in [3.63, 3.8) is 0 Å². The summed E-state index contributed by atoms with van der Waals surface area (Å²) in [5.41, 5.74) is 1.63. The first-order chi connectivity index (χ1) is 13.5. The van der Waals surface area contributed by atoms with Crippen LogP contribution in [0.25, 0.3) is 0 Å². The van der Waals surface area contributed by atoms with Gasteiger partial charge in [0.25, 0.3) is 5.91 Å². The number of halogens is 1. The van der Waals surface area contributed by atoms with E-state index in [9.17, 15) is 14.0 Å². The minimum Gasteiger partial charge on any atom is -0.484 e. The van der Waals surface area contributed by atoms with Gasteiger partial charge in [-0.05, 0) is 64.4 Å². The van der Waals surface area contributed by atoms with Crippen LogP contribution in [0.4, 0.5) is 4.39 Å². The van der Waals surface area contributed by atoms with Gasteiger partial charge in [-0.15, -0.1) is 0 Å². The summed E-state index contributed by atoms with van der Waals surface area (Å²) in [4.78, 5) is 27.1. The van der Waals surface area contributed by atoms with Crippen LogP contribution in [0.5, 0.6) is 5.75 Å². The number of rotatable bonds is 7. The Balaban J connectivity index is 2.15. The molecule has 0 saturated heterocycles. The van der Waals surface area contributed by atoms with Crippen LogP contribution in [-0.2, 0) is 16.1 Å². The molecule has 0 spiro atoms. The van der Waals surface area contributed by atoms with E-state index in [-0.39, 0.29) is 30.8 Å². The molecule has 0 aliphatic carbocycles. The predicted molar refractivity (Wildman–Crippen MR) is 111 cm³/mol. The second kappa shape index (κ2) is 9.54. The second-order valence-corrected chi connectivity index (χ2v) is 8.17. The van der Waals surface area contributed by atoms with Gasteiger partial charge in [0.2, 0.25) is 5.91 Å². The average molecular weight is 400 g/mol. The van der Waals surface area contributed by atoms with Crippen LogP contribution in [-0.4, -0.2) is 34.9 Å². The summed E-state index contributed by atoms with van der Waals surface area (Å²) in [7, 11) is 0. The highest BCUT2D eigenvalue weighted by Gasteiger charge is 2.28. The lowest BCUT2D eigenvalue weighted by molar-refractivity contribution is -0.142. The maximum absolute atomic E-state index is 13.0. The molecule has 0 heterocycles. The van der Waals surface area contributed by atoms with Crippen molar-refractivity contribution < 1.29 is 18.7 Å². The molecule has 0 saturated carbocycles. The van der Waals surface area contributed by atoms with E-state index in [1.165, 1.54) is 29.2 Å². The molecule has 5 nitrogen and oxygen atoms in total. The van der Waals surface area contributed by atoms with Crippen LogP contribution in [0.1, 0.15) is 38.8 Å². The number of aryl methyl sites for hydroxylation is 1. The quantitative estimate of drug-likeness (QED) is 0.768. The Labute approximate surface area is 171 Å². The molecule has 1 atom stereocenters. The van der Waals surface area contributed by atoms with Gasteiger partial charge in [0.05, 0.1) is 0 Å². The molecular weight excluding hydrogens is 371 g/mol. The number of nitrogens with zero attached hydrogens (tertiary/aromatic N) is 1. The molecule has 2 aromatic rings. The first-order valence-corrected chi connectivity index (χ1v) is 9.60. The van der Waals surface area contributed by atoms with Gasteiger partial charge in [-0.3, -0.25) is 9.59 Å². The molecule has 29 heavy (non-hydrogen) atoms. The Morgan fingerprint density at radius 1 is 1.07 bits per heavy atom. The summed E-state index contributed by atoms with van der Waals surface area (Å²) in [6.07, 6.45) is 0. The standard InChI is InChI=1S/C23H29FN2O3/c1-16-6-8-18(9-7-16)14-26(17(2)22(28)25-23(3,4)5)21(27)15-29-20-12-10-19(24)11-13-20/h6-13,17H,14-15H2,1-5H3,(H,25,28). The maximum Gasteiger partial charge on any atom is 0.261 e. The lowest BCUT2D eigenvalue weighted by Gasteiger charge is -2.31. The third-order valence-corrected chi connectivity index (χ3v) is 4.31. The summed E-state index contributed by atoms with van der Waals surface area (Å²) in [5, 5.41) is 2.91. The number of carbonyl (C=O) groups is 2. The predicted octanol–water partition coefficient (Wildman–Crippen LogP) is 3.84. The van der Waals surface area contributed by atoms with Crippen molar-refractivity contribution in [3.05, 3.63) is 65.5 Å². The first-order valence-electron chi connectivity index (χ1n) is 9.60. The van der Waals surface area contributed by atoms with E-state index in [2.05, 4.69) is 5.32 Å². The number of ether oxygens (including phenoxy) is 1. The minimum absolute atomic E-state index is 0.236. The SMILES string of the molecule is Cc1ccc(CN(C(=O)COc2ccc(F)cc2)C(C)C(=O)NC(C)(C)C)cc1. The Hall–Kier alpha value is -2.89. The van der Waals surface area contributed by atoms with Gasteiger partial charge in [-0.2, -0.15) is 0 Å². The van der Waals surface area contributed by atoms with Gasteiger partial charge >= 0.3 is 0 Å². The van der Waals surface area contributed by atoms with Crippen molar-refractivity contribution in [2.45, 2.75) is 52.7 Å². The molecule has 0 bridgehead atoms. The van der Waals surface area contributed by atoms with Crippen molar-refractivity contribution in [2.24, 2.45) is 0 Å². The molecule has 0 aliphatic rings. The first kappa shape index (κ1) is 22.4. The van der Waals surface area contributed by atoms with E-state index in [1.807, 2.05) is 52.0 Å². The Morgan fingerprint density at radius 2 is 1.66 bits per heavy atom. The fourth-order valence-corrected chi connectivity index (χ4v) is 2.71. The van der Waals surface area contributed by atoms with Crippen molar-refractivity contribution >= 4 is 11.8 Å². The molecule has 2 aromatic carbocycles. The lowest BCUT2D eigenvalue weighted by atomic mass is 10.1. The highest BCUT2D eigenvalue weighted by atomic mass is 19.1. The summed E-state index contributed by atoms with van der Waals surface area (Å²) in [6.45, 7) is 9.40. The minimum atomic E-state index is -0.681. The molecule has 0 aromatic heterocycles. The molecule has 0 fully saturated rings. The van der Waals surface area contributed by atoms with Crippen LogP contribution in [0.15, 0.2) is 48.5 Å². The number of hydrogen-bond donors (Lipinski definition) is 1. The number of nitrogens with one attached hydrogen (secondary N) is 1. The number of hydrogen-bond acceptors (Lipinski definition) is 3. The van der Waals surface area contributed by atoms with Gasteiger partial charge in [0.1, 0.15) is 17.6 Å². The maximum atomic E-state index is 13.0. The second-order valence-electron chi connectivity index (χ2n) is 8.17. The average Bonchev–Trinajstić information content (AvgIpc) is 2.65. The van der Waals surface area contributed by atoms with Gasteiger partial charge < -0.3 is 15.0 Å². The van der Waals surface area contributed by atoms with Gasteiger partial charge in [0.15, 0.2) is 6.61 Å². The topological polar surface area (TPSA) is 58.6 Å². The normalized spacial score (nSPS) is 12.2. The zero-order chi connectivity index (χ0) is 21.6. The molecule has 6 heteroatoms. The molecule has 2 amide bonds. The zero-order valence-electron chi connectivity index (χ0n) is 17.7. The van der Waals surface area contributed by atoms with E-state index in [4.69, 9.17) is 4.74 Å². The third-order valence-electron chi connectivity index (χ3n) is 4.31. The summed E-state index contributed by atoms with van der Waals surface area (Å²) in [6, 6.07) is 12.6. The highest BCUT2D eigenvalue weighted by Crippen LogP contribution is 2.14. The Bertz CT molecular complexity index is 827. The van der Waals surface area contributed by atoms with Crippen LogP contribution in [0.2, 0.25) is 0 Å². The van der Waals surface area contributed by atoms with Gasteiger partial charge in [-0.25, -0.2) is 4.39 Å². The van der Waals surface area contributed by atoms with Crippen LogP contribution >= 0.6 is 0 Å². The summed E-state index contributed by atoms with van der Waals surface area (Å²) < 4.78 is 18.5. The van der Waals surface area contributed by atoms with E-state index < -0.39 is 11.6 Å². The number of carbonyl (C=O) groups excluding carboxylic acids is 2. The monoisotopic (exact) mass is 400 g/mol. The van der Waals surface area contributed by atoms with Crippen molar-refractivity contribution in [2.75, 3.05) is 6.61 Å². The van der Waals surface area contributed by atoms with Gasteiger partial charge in [-0.1, -0.05) is 29.8 Å². The fraction of sp³-hybridized carbons (Fsp3) is 0.391. The van der Waals surface area contributed by atoms with E-state index in [0.29, 0.717) is 5.75 Å².